The molecule has 0 bridgehead atoms. The van der Waals surface area contributed by atoms with E-state index in [1.165, 1.54) is 4.31 Å². The second kappa shape index (κ2) is 8.35. The lowest BCUT2D eigenvalue weighted by atomic mass is 10.1. The molecule has 0 aliphatic heterocycles. The lowest BCUT2D eigenvalue weighted by Crippen LogP contribution is -2.44. The van der Waals surface area contributed by atoms with Gasteiger partial charge >= 0.3 is 0 Å². The van der Waals surface area contributed by atoms with Crippen LogP contribution in [0.2, 0.25) is 0 Å². The molecule has 1 aliphatic carbocycles. The minimum Gasteiger partial charge on any atom is -0.352 e. The summed E-state index contributed by atoms with van der Waals surface area (Å²) < 4.78 is 28.1. The van der Waals surface area contributed by atoms with Gasteiger partial charge in [0, 0.05) is 6.04 Å². The smallest absolute Gasteiger partial charge is 0.264 e. The van der Waals surface area contributed by atoms with E-state index in [2.05, 4.69) is 5.32 Å². The number of anilines is 1. The molecule has 0 radical (unpaired) electrons. The number of aryl methyl sites for hydroxylation is 3. The fourth-order valence-corrected chi connectivity index (χ4v) is 5.08. The molecule has 0 heterocycles. The Hall–Kier alpha value is -2.34. The Morgan fingerprint density at radius 1 is 1.00 bits per heavy atom. The van der Waals surface area contributed by atoms with Crippen molar-refractivity contribution in [1.82, 2.24) is 5.32 Å². The van der Waals surface area contributed by atoms with Gasteiger partial charge < -0.3 is 5.32 Å². The summed E-state index contributed by atoms with van der Waals surface area (Å²) >= 11 is 0. The van der Waals surface area contributed by atoms with Gasteiger partial charge in [-0.2, -0.15) is 0 Å². The molecule has 0 saturated heterocycles. The van der Waals surface area contributed by atoms with Crippen LogP contribution in [0.25, 0.3) is 0 Å². The maximum Gasteiger partial charge on any atom is 0.264 e. The average molecular weight is 401 g/mol. The summed E-state index contributed by atoms with van der Waals surface area (Å²) in [6.07, 6.45) is 4.13. The van der Waals surface area contributed by atoms with Crippen molar-refractivity contribution in [2.24, 2.45) is 0 Å². The van der Waals surface area contributed by atoms with Crippen molar-refractivity contribution in [1.29, 1.82) is 0 Å². The summed E-state index contributed by atoms with van der Waals surface area (Å²) in [6, 6.07) is 12.5. The molecule has 0 atom stereocenters. The molecule has 1 fully saturated rings. The van der Waals surface area contributed by atoms with Gasteiger partial charge in [0.15, 0.2) is 0 Å². The van der Waals surface area contributed by atoms with Gasteiger partial charge in [0.2, 0.25) is 5.91 Å². The number of rotatable bonds is 6. The first-order valence-corrected chi connectivity index (χ1v) is 11.2. The highest BCUT2D eigenvalue weighted by molar-refractivity contribution is 7.92. The number of benzene rings is 2. The molecule has 6 heteroatoms. The number of carbonyl (C=O) groups excluding carboxylic acids is 1. The maximum absolute atomic E-state index is 13.4. The molecule has 1 aliphatic rings. The van der Waals surface area contributed by atoms with E-state index in [0.29, 0.717) is 5.69 Å². The largest absolute Gasteiger partial charge is 0.352 e. The summed E-state index contributed by atoms with van der Waals surface area (Å²) in [5.74, 6) is -0.261. The van der Waals surface area contributed by atoms with Crippen molar-refractivity contribution in [3.63, 3.8) is 0 Å². The van der Waals surface area contributed by atoms with Crippen molar-refractivity contribution >= 4 is 21.6 Å². The van der Waals surface area contributed by atoms with Crippen LogP contribution in [-0.2, 0) is 14.8 Å². The highest BCUT2D eigenvalue weighted by Gasteiger charge is 2.29. The molecular weight excluding hydrogens is 372 g/mol. The van der Waals surface area contributed by atoms with Crippen LogP contribution in [0.15, 0.2) is 47.4 Å². The zero-order valence-electron chi connectivity index (χ0n) is 16.7. The highest BCUT2D eigenvalue weighted by Crippen LogP contribution is 2.28. The third kappa shape index (κ3) is 4.55. The SMILES string of the molecule is Cc1ccc(S(=O)(=O)N(CC(=O)NC2CCCC2)c2cc(C)ccc2C)cc1. The molecule has 0 spiro atoms. The fourth-order valence-electron chi connectivity index (χ4n) is 3.60. The van der Waals surface area contributed by atoms with E-state index in [1.54, 1.807) is 24.3 Å². The molecule has 0 aromatic heterocycles. The zero-order valence-corrected chi connectivity index (χ0v) is 17.6. The van der Waals surface area contributed by atoms with Crippen molar-refractivity contribution < 1.29 is 13.2 Å². The predicted molar refractivity (Wildman–Crippen MR) is 112 cm³/mol. The molecule has 1 N–H and O–H groups in total. The van der Waals surface area contributed by atoms with Crippen LogP contribution in [0.4, 0.5) is 5.69 Å². The Balaban J connectivity index is 1.97. The van der Waals surface area contributed by atoms with E-state index in [1.807, 2.05) is 39.0 Å². The van der Waals surface area contributed by atoms with Crippen LogP contribution >= 0.6 is 0 Å². The standard InChI is InChI=1S/C22H28N2O3S/c1-16-9-12-20(13-10-16)28(26,27)24(21-14-17(2)8-11-18(21)3)15-22(25)23-19-6-4-5-7-19/h8-14,19H,4-7,15H2,1-3H3,(H,23,25). The Bertz CT molecular complexity index is 946. The Labute approximate surface area is 167 Å². The summed E-state index contributed by atoms with van der Waals surface area (Å²) in [4.78, 5) is 12.9. The number of sulfonamides is 1. The van der Waals surface area contributed by atoms with Crippen molar-refractivity contribution in [3.8, 4) is 0 Å². The van der Waals surface area contributed by atoms with Gasteiger partial charge in [-0.05, 0) is 62.9 Å². The summed E-state index contributed by atoms with van der Waals surface area (Å²) in [5, 5.41) is 3.00. The zero-order chi connectivity index (χ0) is 20.3. The van der Waals surface area contributed by atoms with Gasteiger partial charge in [-0.3, -0.25) is 9.10 Å². The van der Waals surface area contributed by atoms with Gasteiger partial charge in [-0.25, -0.2) is 8.42 Å². The molecule has 5 nitrogen and oxygen atoms in total. The lowest BCUT2D eigenvalue weighted by molar-refractivity contribution is -0.120. The first-order valence-electron chi connectivity index (χ1n) is 9.73. The summed E-state index contributed by atoms with van der Waals surface area (Å²) in [7, 11) is -3.87. The first-order chi connectivity index (χ1) is 13.3. The summed E-state index contributed by atoms with van der Waals surface area (Å²) in [5.41, 5.74) is 3.29. The van der Waals surface area contributed by atoms with Crippen LogP contribution in [-0.4, -0.2) is 26.9 Å². The lowest BCUT2D eigenvalue weighted by Gasteiger charge is -2.26. The van der Waals surface area contributed by atoms with Crippen molar-refractivity contribution in [2.75, 3.05) is 10.8 Å². The van der Waals surface area contributed by atoms with Crippen molar-refractivity contribution in [2.45, 2.75) is 57.4 Å². The van der Waals surface area contributed by atoms with E-state index in [0.717, 1.165) is 42.4 Å². The van der Waals surface area contributed by atoms with Gasteiger partial charge in [0.1, 0.15) is 6.54 Å². The van der Waals surface area contributed by atoms with Gasteiger partial charge in [-0.15, -0.1) is 0 Å². The van der Waals surface area contributed by atoms with Crippen LogP contribution in [0.3, 0.4) is 0 Å². The molecule has 2 aromatic carbocycles. The minimum absolute atomic E-state index is 0.148. The average Bonchev–Trinajstić information content (AvgIpc) is 3.15. The molecule has 1 saturated carbocycles. The van der Waals surface area contributed by atoms with Crippen LogP contribution in [0.5, 0.6) is 0 Å². The van der Waals surface area contributed by atoms with E-state index in [4.69, 9.17) is 0 Å². The quantitative estimate of drug-likeness (QED) is 0.800. The Morgan fingerprint density at radius 2 is 1.61 bits per heavy atom. The van der Waals surface area contributed by atoms with E-state index in [-0.39, 0.29) is 23.4 Å². The maximum atomic E-state index is 13.4. The molecule has 0 unspecified atom stereocenters. The first kappa shape index (κ1) is 20.4. The van der Waals surface area contributed by atoms with Gasteiger partial charge in [0.25, 0.3) is 10.0 Å². The van der Waals surface area contributed by atoms with E-state index in [9.17, 15) is 13.2 Å². The number of nitrogens with zero attached hydrogens (tertiary/aromatic N) is 1. The third-order valence-corrected chi connectivity index (χ3v) is 7.02. The Kier molecular flexibility index (Phi) is 6.08. The number of hydrogen-bond donors (Lipinski definition) is 1. The van der Waals surface area contributed by atoms with Crippen LogP contribution in [0.1, 0.15) is 42.4 Å². The van der Waals surface area contributed by atoms with Crippen LogP contribution < -0.4 is 9.62 Å². The predicted octanol–water partition coefficient (Wildman–Crippen LogP) is 3.87. The number of amides is 1. The number of hydrogen-bond acceptors (Lipinski definition) is 3. The monoisotopic (exact) mass is 400 g/mol. The molecular formula is C22H28N2O3S. The number of nitrogens with one attached hydrogen (secondary N) is 1. The summed E-state index contributed by atoms with van der Waals surface area (Å²) in [6.45, 7) is 5.46. The second-order valence-corrected chi connectivity index (χ2v) is 9.53. The van der Waals surface area contributed by atoms with E-state index < -0.39 is 10.0 Å². The fraction of sp³-hybridized carbons (Fsp3) is 0.409. The van der Waals surface area contributed by atoms with Gasteiger partial charge in [0.05, 0.1) is 10.6 Å². The Morgan fingerprint density at radius 3 is 2.25 bits per heavy atom. The topological polar surface area (TPSA) is 66.5 Å². The molecule has 2 aromatic rings. The second-order valence-electron chi connectivity index (χ2n) is 7.66. The third-order valence-electron chi connectivity index (χ3n) is 5.25. The van der Waals surface area contributed by atoms with Gasteiger partial charge in [-0.1, -0.05) is 42.7 Å². The van der Waals surface area contributed by atoms with Crippen molar-refractivity contribution in [3.05, 3.63) is 59.2 Å². The molecule has 150 valence electrons. The molecule has 1 amide bonds. The van der Waals surface area contributed by atoms with E-state index >= 15 is 0 Å². The highest BCUT2D eigenvalue weighted by atomic mass is 32.2. The minimum atomic E-state index is -3.87. The normalized spacial score (nSPS) is 14.8. The number of carbonyl (C=O) groups is 1. The molecule has 3 rings (SSSR count). The van der Waals surface area contributed by atoms with Crippen LogP contribution in [0, 0.1) is 20.8 Å². The molecule has 28 heavy (non-hydrogen) atoms.